The molecule has 1 heterocycles. The van der Waals surface area contributed by atoms with E-state index in [-0.39, 0.29) is 46.6 Å². The van der Waals surface area contributed by atoms with Crippen LogP contribution < -0.4 is 34.7 Å². The Morgan fingerprint density at radius 1 is 1.02 bits per heavy atom. The molecule has 0 amide bonds. The number of nitrogens with zero attached hydrogens (tertiary/aromatic N) is 1. The van der Waals surface area contributed by atoms with Gasteiger partial charge in [0.05, 0.1) is 16.8 Å². The number of aliphatic hydroxyl groups is 1. The Labute approximate surface area is 269 Å². The number of rotatable bonds is 12. The molecule has 0 spiro atoms. The summed E-state index contributed by atoms with van der Waals surface area (Å²) in [4.78, 5) is 16.1. The molecule has 0 saturated heterocycles. The molecule has 4 aromatic rings. The summed E-state index contributed by atoms with van der Waals surface area (Å²) in [5.74, 6) is -0.150. The summed E-state index contributed by atoms with van der Waals surface area (Å²) in [6, 6.07) is 28.9. The first-order chi connectivity index (χ1) is 19.2. The second kappa shape index (κ2) is 13.7. The molecule has 1 atom stereocenters. The number of thioether (sulfide) groups is 1. The fourth-order valence-corrected chi connectivity index (χ4v) is 6.89. The van der Waals surface area contributed by atoms with Crippen molar-refractivity contribution in [2.75, 3.05) is 5.75 Å². The number of aromatic nitrogens is 1. The Bertz CT molecular complexity index is 1520. The number of hydrogen-bond acceptors (Lipinski definition) is 5. The van der Waals surface area contributed by atoms with Gasteiger partial charge < -0.3 is 15.0 Å². The molecule has 41 heavy (non-hydrogen) atoms. The number of hydrogen-bond donors (Lipinski definition) is 1. The van der Waals surface area contributed by atoms with E-state index >= 15 is 0 Å². The van der Waals surface area contributed by atoms with Gasteiger partial charge in [-0.3, -0.25) is 0 Å². The van der Waals surface area contributed by atoms with Crippen LogP contribution in [0.3, 0.4) is 0 Å². The quantitative estimate of drug-likeness (QED) is 0.260. The molecule has 1 aromatic heterocycles. The number of para-hydroxylation sites is 1. The van der Waals surface area contributed by atoms with Gasteiger partial charge in [0, 0.05) is 16.6 Å². The molecule has 1 aliphatic rings. The Morgan fingerprint density at radius 2 is 1.78 bits per heavy atom. The van der Waals surface area contributed by atoms with Crippen molar-refractivity contribution in [1.82, 2.24) is 4.98 Å². The summed E-state index contributed by atoms with van der Waals surface area (Å²) in [7, 11) is 0. The minimum atomic E-state index is -0.955. The Hall–Kier alpha value is -2.41. The van der Waals surface area contributed by atoms with E-state index in [0.717, 1.165) is 64.7 Å². The molecule has 1 saturated carbocycles. The van der Waals surface area contributed by atoms with Gasteiger partial charge in [0.1, 0.15) is 0 Å². The summed E-state index contributed by atoms with van der Waals surface area (Å²) >= 11 is 1.85. The van der Waals surface area contributed by atoms with Crippen LogP contribution in [-0.2, 0) is 16.8 Å². The van der Waals surface area contributed by atoms with E-state index in [1.54, 1.807) is 0 Å². The van der Waals surface area contributed by atoms with Crippen LogP contribution in [0.2, 0.25) is 0 Å². The fraction of sp³-hybridized carbons (Fsp3) is 0.314. The van der Waals surface area contributed by atoms with Crippen molar-refractivity contribution < 1.29 is 44.6 Å². The third-order valence-electron chi connectivity index (χ3n) is 7.77. The van der Waals surface area contributed by atoms with Crippen molar-refractivity contribution in [3.63, 3.8) is 0 Å². The number of pyridine rings is 1. The average molecular weight is 574 g/mol. The fourth-order valence-electron chi connectivity index (χ4n) is 5.32. The molecule has 206 valence electrons. The van der Waals surface area contributed by atoms with E-state index in [9.17, 15) is 15.0 Å². The maximum atomic E-state index is 11.4. The molecule has 3 aromatic carbocycles. The minimum absolute atomic E-state index is 0. The van der Waals surface area contributed by atoms with Crippen LogP contribution in [0.25, 0.3) is 23.1 Å². The summed E-state index contributed by atoms with van der Waals surface area (Å²) < 4.78 is 0. The van der Waals surface area contributed by atoms with Gasteiger partial charge >= 0.3 is 29.6 Å². The predicted octanol–water partition coefficient (Wildman–Crippen LogP) is 3.96. The summed E-state index contributed by atoms with van der Waals surface area (Å²) in [6.07, 6.45) is 7.89. The van der Waals surface area contributed by atoms with E-state index in [0.29, 0.717) is 0 Å². The van der Waals surface area contributed by atoms with E-state index in [1.807, 2.05) is 74.1 Å². The van der Waals surface area contributed by atoms with E-state index in [4.69, 9.17) is 4.98 Å². The van der Waals surface area contributed by atoms with Crippen LogP contribution >= 0.6 is 11.8 Å². The van der Waals surface area contributed by atoms with Gasteiger partial charge in [-0.1, -0.05) is 78.9 Å². The molecule has 1 unspecified atom stereocenters. The van der Waals surface area contributed by atoms with Gasteiger partial charge in [-0.2, -0.15) is 11.8 Å². The third-order valence-corrected chi connectivity index (χ3v) is 9.46. The smallest absolute Gasteiger partial charge is 0.550 e. The van der Waals surface area contributed by atoms with Gasteiger partial charge in [-0.25, -0.2) is 4.98 Å². The van der Waals surface area contributed by atoms with Crippen LogP contribution in [0.5, 0.6) is 0 Å². The molecular weight excluding hydrogens is 537 g/mol. The number of carbonyl (C=O) groups is 1. The zero-order valence-electron chi connectivity index (χ0n) is 24.2. The number of fused-ring (bicyclic) bond motifs is 1. The first-order valence-corrected chi connectivity index (χ1v) is 15.0. The molecule has 1 N–H and O–H groups in total. The summed E-state index contributed by atoms with van der Waals surface area (Å²) in [5.41, 5.74) is 5.28. The van der Waals surface area contributed by atoms with Gasteiger partial charge in [-0.15, -0.1) is 0 Å². The average Bonchev–Trinajstić information content (AvgIpc) is 3.70. The van der Waals surface area contributed by atoms with Crippen LogP contribution in [0.1, 0.15) is 72.7 Å². The number of carboxylic acid groups (broad SMARTS) is 1. The Kier molecular flexibility index (Phi) is 10.5. The zero-order valence-corrected chi connectivity index (χ0v) is 27.0. The first kappa shape index (κ1) is 31.5. The molecular formula is C35H36NNaO3S. The molecule has 0 aliphatic heterocycles. The molecule has 1 fully saturated rings. The standard InChI is InChI=1S/C35H37NO3S.Na/c1-34(2,39)30-12-5-3-9-26(30)16-19-32(40-24-35(20-21-35)23-33(37)38)28-11-7-8-25(22-28)14-17-29-18-15-27-10-4-6-13-31(27)36-29;/h3-15,17-18,22,32,39H,16,19-21,23-24H2,1-2H3,(H,37,38);/q;+1/p-1/b17-14+;. The second-order valence-electron chi connectivity index (χ2n) is 11.5. The Morgan fingerprint density at radius 3 is 2.54 bits per heavy atom. The molecule has 1 aliphatic carbocycles. The normalized spacial score (nSPS) is 15.0. The largest absolute Gasteiger partial charge is 1.00 e. The third kappa shape index (κ3) is 8.56. The SMILES string of the molecule is CC(C)(O)c1ccccc1CCC(SCC1(CC(=O)[O-])CC1)c1cccc(/C=C/c2ccc3ccccc3n2)c1.[Na+]. The number of benzene rings is 3. The van der Waals surface area contributed by atoms with Gasteiger partial charge in [0.2, 0.25) is 0 Å². The number of aliphatic carboxylic acids is 1. The van der Waals surface area contributed by atoms with Gasteiger partial charge in [-0.05, 0) is 97.6 Å². The van der Waals surface area contributed by atoms with Crippen molar-refractivity contribution in [2.24, 2.45) is 5.41 Å². The molecule has 5 rings (SSSR count). The van der Waals surface area contributed by atoms with Crippen LogP contribution in [0.15, 0.2) is 84.9 Å². The first-order valence-electron chi connectivity index (χ1n) is 14.0. The maximum Gasteiger partial charge on any atom is 1.00 e. The number of carbonyl (C=O) groups excluding carboxylic acids is 1. The maximum absolute atomic E-state index is 11.4. The molecule has 0 radical (unpaired) electrons. The number of aryl methyl sites for hydroxylation is 1. The van der Waals surface area contributed by atoms with Crippen LogP contribution in [0.4, 0.5) is 0 Å². The van der Waals surface area contributed by atoms with E-state index in [2.05, 4.69) is 48.5 Å². The Balaban J connectivity index is 0.00000387. The van der Waals surface area contributed by atoms with Crippen molar-refractivity contribution >= 4 is 40.8 Å². The topological polar surface area (TPSA) is 73.2 Å². The van der Waals surface area contributed by atoms with Crippen molar-refractivity contribution in [3.05, 3.63) is 113 Å². The molecule has 6 heteroatoms. The van der Waals surface area contributed by atoms with E-state index < -0.39 is 11.6 Å². The van der Waals surface area contributed by atoms with Crippen LogP contribution in [-0.4, -0.2) is 21.8 Å². The van der Waals surface area contributed by atoms with Gasteiger partial charge in [0.25, 0.3) is 0 Å². The van der Waals surface area contributed by atoms with Crippen LogP contribution in [0, 0.1) is 5.41 Å². The predicted molar refractivity (Wildman–Crippen MR) is 164 cm³/mol. The van der Waals surface area contributed by atoms with Crippen molar-refractivity contribution in [1.29, 1.82) is 0 Å². The van der Waals surface area contributed by atoms with E-state index in [1.165, 1.54) is 5.56 Å². The minimum Gasteiger partial charge on any atom is -0.550 e. The summed E-state index contributed by atoms with van der Waals surface area (Å²) in [5, 5.41) is 23.4. The zero-order chi connectivity index (χ0) is 28.2. The van der Waals surface area contributed by atoms with Crippen molar-refractivity contribution in [2.45, 2.75) is 56.8 Å². The van der Waals surface area contributed by atoms with Gasteiger partial charge in [0.15, 0.2) is 0 Å². The molecule has 4 nitrogen and oxygen atoms in total. The number of carboxylic acids is 1. The second-order valence-corrected chi connectivity index (χ2v) is 12.7. The molecule has 0 bridgehead atoms. The monoisotopic (exact) mass is 573 g/mol. The van der Waals surface area contributed by atoms with Crippen molar-refractivity contribution in [3.8, 4) is 0 Å². The summed E-state index contributed by atoms with van der Waals surface area (Å²) in [6.45, 7) is 3.66.